The summed E-state index contributed by atoms with van der Waals surface area (Å²) in [4.78, 5) is 16.8. The molecule has 1 unspecified atom stereocenters. The Morgan fingerprint density at radius 2 is 1.88 bits per heavy atom. The largest absolute Gasteiger partial charge is 0.505 e. The quantitative estimate of drug-likeness (QED) is 0.585. The van der Waals surface area contributed by atoms with Gasteiger partial charge in [0.25, 0.3) is 5.91 Å². The predicted molar refractivity (Wildman–Crippen MR) is 97.9 cm³/mol. The number of carbonyl (C=O) groups excluding carboxylic acids is 1. The average Bonchev–Trinajstić information content (AvgIpc) is 3.23. The highest BCUT2D eigenvalue weighted by atomic mass is 16.3. The van der Waals surface area contributed by atoms with E-state index >= 15 is 0 Å². The molecule has 4 rings (SSSR count). The number of nitrogens with zero attached hydrogens (tertiary/aromatic N) is 1. The van der Waals surface area contributed by atoms with Crippen LogP contribution >= 0.6 is 0 Å². The number of fused-ring (bicyclic) bond motifs is 1. The van der Waals surface area contributed by atoms with E-state index in [1.165, 1.54) is 12.5 Å². The Labute approximate surface area is 149 Å². The molecule has 4 aromatic rings. The maximum absolute atomic E-state index is 12.6. The van der Waals surface area contributed by atoms with Crippen molar-refractivity contribution in [2.24, 2.45) is 0 Å². The first-order valence-corrected chi connectivity index (χ1v) is 8.18. The number of phenolic OH excluding ortho intramolecular Hbond substituents is 1. The first-order valence-electron chi connectivity index (χ1n) is 8.18. The summed E-state index contributed by atoms with van der Waals surface area (Å²) in [6.07, 6.45) is 4.47. The molecule has 2 aromatic carbocycles. The molecule has 2 aromatic heterocycles. The second-order valence-electron chi connectivity index (χ2n) is 5.91. The standard InChI is InChI=1S/C21H16N2O3/c24-20-17(9-8-15-7-4-11-22-19(15)20)18(14-5-2-1-3-6-14)23-21(25)16-10-12-26-13-16/h1-13,18,24H,(H,23,25). The van der Waals surface area contributed by atoms with Gasteiger partial charge < -0.3 is 14.8 Å². The van der Waals surface area contributed by atoms with E-state index in [9.17, 15) is 9.90 Å². The molecule has 0 bridgehead atoms. The molecule has 5 nitrogen and oxygen atoms in total. The van der Waals surface area contributed by atoms with E-state index in [0.717, 1.165) is 10.9 Å². The molecular formula is C21H16N2O3. The van der Waals surface area contributed by atoms with Gasteiger partial charge in [-0.25, -0.2) is 0 Å². The smallest absolute Gasteiger partial charge is 0.255 e. The number of aromatic nitrogens is 1. The van der Waals surface area contributed by atoms with Gasteiger partial charge in [-0.05, 0) is 17.7 Å². The fourth-order valence-corrected chi connectivity index (χ4v) is 2.97. The van der Waals surface area contributed by atoms with E-state index in [1.54, 1.807) is 12.3 Å². The molecule has 0 aliphatic carbocycles. The number of benzene rings is 2. The van der Waals surface area contributed by atoms with E-state index in [-0.39, 0.29) is 11.7 Å². The lowest BCUT2D eigenvalue weighted by Crippen LogP contribution is -2.29. The van der Waals surface area contributed by atoms with Crippen LogP contribution in [0.5, 0.6) is 5.75 Å². The number of hydrogen-bond acceptors (Lipinski definition) is 4. The molecule has 26 heavy (non-hydrogen) atoms. The summed E-state index contributed by atoms with van der Waals surface area (Å²) in [6, 6.07) is 18.0. The Morgan fingerprint density at radius 1 is 1.04 bits per heavy atom. The Kier molecular flexibility index (Phi) is 4.11. The van der Waals surface area contributed by atoms with E-state index in [4.69, 9.17) is 4.42 Å². The summed E-state index contributed by atoms with van der Waals surface area (Å²) in [6.45, 7) is 0. The molecular weight excluding hydrogens is 328 g/mol. The van der Waals surface area contributed by atoms with Crippen molar-refractivity contribution < 1.29 is 14.3 Å². The van der Waals surface area contributed by atoms with Gasteiger partial charge in [-0.2, -0.15) is 0 Å². The van der Waals surface area contributed by atoms with Crippen molar-refractivity contribution in [1.29, 1.82) is 0 Å². The molecule has 2 N–H and O–H groups in total. The Hall–Kier alpha value is -3.60. The van der Waals surface area contributed by atoms with Crippen LogP contribution in [-0.2, 0) is 0 Å². The fourth-order valence-electron chi connectivity index (χ4n) is 2.97. The van der Waals surface area contributed by atoms with Crippen molar-refractivity contribution >= 4 is 16.8 Å². The van der Waals surface area contributed by atoms with Gasteiger partial charge in [-0.1, -0.05) is 48.5 Å². The molecule has 128 valence electrons. The van der Waals surface area contributed by atoms with Crippen molar-refractivity contribution in [3.63, 3.8) is 0 Å². The zero-order valence-corrected chi connectivity index (χ0v) is 13.8. The summed E-state index contributed by atoms with van der Waals surface area (Å²) in [7, 11) is 0. The van der Waals surface area contributed by atoms with Crippen LogP contribution in [0, 0.1) is 0 Å². The predicted octanol–water partition coefficient (Wildman–Crippen LogP) is 4.05. The van der Waals surface area contributed by atoms with Gasteiger partial charge in [-0.3, -0.25) is 9.78 Å². The number of carbonyl (C=O) groups is 1. The van der Waals surface area contributed by atoms with Crippen LogP contribution in [-0.4, -0.2) is 16.0 Å². The lowest BCUT2D eigenvalue weighted by molar-refractivity contribution is 0.0942. The molecule has 0 radical (unpaired) electrons. The first-order chi connectivity index (χ1) is 12.7. The molecule has 0 saturated heterocycles. The highest BCUT2D eigenvalue weighted by Crippen LogP contribution is 2.34. The van der Waals surface area contributed by atoms with E-state index in [1.807, 2.05) is 54.6 Å². The molecule has 1 atom stereocenters. The van der Waals surface area contributed by atoms with Crippen molar-refractivity contribution in [2.45, 2.75) is 6.04 Å². The van der Waals surface area contributed by atoms with Crippen LogP contribution < -0.4 is 5.32 Å². The van der Waals surface area contributed by atoms with Crippen LogP contribution in [0.4, 0.5) is 0 Å². The summed E-state index contributed by atoms with van der Waals surface area (Å²) in [5.74, 6) is -0.224. The molecule has 2 heterocycles. The lowest BCUT2D eigenvalue weighted by atomic mass is 9.96. The van der Waals surface area contributed by atoms with Crippen molar-refractivity contribution in [3.05, 3.63) is 96.1 Å². The number of nitrogens with one attached hydrogen (secondary N) is 1. The number of aromatic hydroxyl groups is 1. The van der Waals surface area contributed by atoms with Crippen LogP contribution in [0.3, 0.4) is 0 Å². The minimum absolute atomic E-state index is 0.0597. The van der Waals surface area contributed by atoms with Crippen molar-refractivity contribution in [3.8, 4) is 5.75 Å². The number of furan rings is 1. The van der Waals surface area contributed by atoms with E-state index in [2.05, 4.69) is 10.3 Å². The van der Waals surface area contributed by atoms with Gasteiger partial charge in [0, 0.05) is 17.1 Å². The number of hydrogen-bond donors (Lipinski definition) is 2. The molecule has 0 fully saturated rings. The van der Waals surface area contributed by atoms with Gasteiger partial charge in [0.15, 0.2) is 0 Å². The number of rotatable bonds is 4. The zero-order chi connectivity index (χ0) is 17.9. The normalized spacial score (nSPS) is 12.0. The molecule has 1 amide bonds. The zero-order valence-electron chi connectivity index (χ0n) is 13.8. The maximum atomic E-state index is 12.6. The minimum atomic E-state index is -0.523. The number of amides is 1. The SMILES string of the molecule is O=C(NC(c1ccccc1)c1ccc2cccnc2c1O)c1ccoc1. The second kappa shape index (κ2) is 6.72. The molecule has 0 spiro atoms. The Morgan fingerprint density at radius 3 is 2.65 bits per heavy atom. The first kappa shape index (κ1) is 15.9. The highest BCUT2D eigenvalue weighted by molar-refractivity contribution is 5.94. The monoisotopic (exact) mass is 344 g/mol. The third-order valence-electron chi connectivity index (χ3n) is 4.28. The highest BCUT2D eigenvalue weighted by Gasteiger charge is 2.22. The van der Waals surface area contributed by atoms with E-state index < -0.39 is 6.04 Å². The summed E-state index contributed by atoms with van der Waals surface area (Å²) < 4.78 is 4.99. The molecule has 5 heteroatoms. The number of phenols is 1. The van der Waals surface area contributed by atoms with Crippen LogP contribution in [0.1, 0.15) is 27.5 Å². The Balaban J connectivity index is 1.81. The van der Waals surface area contributed by atoms with Gasteiger partial charge in [0.2, 0.25) is 0 Å². The van der Waals surface area contributed by atoms with Crippen LogP contribution in [0.15, 0.2) is 83.8 Å². The molecule has 0 saturated carbocycles. The third-order valence-corrected chi connectivity index (χ3v) is 4.28. The maximum Gasteiger partial charge on any atom is 0.255 e. The average molecular weight is 344 g/mol. The van der Waals surface area contributed by atoms with Gasteiger partial charge in [-0.15, -0.1) is 0 Å². The van der Waals surface area contributed by atoms with Crippen LogP contribution in [0.25, 0.3) is 10.9 Å². The van der Waals surface area contributed by atoms with Gasteiger partial charge in [0.1, 0.15) is 17.5 Å². The summed E-state index contributed by atoms with van der Waals surface area (Å²) >= 11 is 0. The van der Waals surface area contributed by atoms with Crippen molar-refractivity contribution in [2.75, 3.05) is 0 Å². The summed E-state index contributed by atoms with van der Waals surface area (Å²) in [5, 5.41) is 14.6. The van der Waals surface area contributed by atoms with Gasteiger partial charge >= 0.3 is 0 Å². The minimum Gasteiger partial charge on any atom is -0.505 e. The van der Waals surface area contributed by atoms with Gasteiger partial charge in [0.05, 0.1) is 17.9 Å². The molecule has 0 aliphatic rings. The second-order valence-corrected chi connectivity index (χ2v) is 5.91. The summed E-state index contributed by atoms with van der Waals surface area (Å²) in [5.41, 5.74) is 2.36. The topological polar surface area (TPSA) is 75.4 Å². The van der Waals surface area contributed by atoms with Crippen LogP contribution in [0.2, 0.25) is 0 Å². The lowest BCUT2D eigenvalue weighted by Gasteiger charge is -2.21. The van der Waals surface area contributed by atoms with Crippen molar-refractivity contribution in [1.82, 2.24) is 10.3 Å². The number of pyridine rings is 1. The third kappa shape index (κ3) is 2.91. The van der Waals surface area contributed by atoms with E-state index in [0.29, 0.717) is 16.6 Å². The Bertz CT molecular complexity index is 1040. The molecule has 0 aliphatic heterocycles. The fraction of sp³-hybridized carbons (Fsp3) is 0.0476.